The minimum atomic E-state index is 0.499. The van der Waals surface area contributed by atoms with Gasteiger partial charge in [-0.25, -0.2) is 0 Å². The first-order valence-electron chi connectivity index (χ1n) is 13.0. The number of unbranched alkanes of at least 4 members (excludes halogenated alkanes) is 14. The fourth-order valence-electron chi connectivity index (χ4n) is 4.96. The van der Waals surface area contributed by atoms with Gasteiger partial charge in [-0.2, -0.15) is 0 Å². The molecule has 2 aliphatic heterocycles. The van der Waals surface area contributed by atoms with Gasteiger partial charge in [0, 0.05) is 0 Å². The van der Waals surface area contributed by atoms with Crippen LogP contribution in [-0.4, -0.2) is 25.4 Å². The van der Waals surface area contributed by atoms with Crippen LogP contribution in [0, 0.1) is 5.41 Å². The highest BCUT2D eigenvalue weighted by molar-refractivity contribution is 4.90. The largest absolute Gasteiger partial charge is 0.373 e. The molecular weight excluding hydrogens is 344 g/mol. The average molecular weight is 395 g/mol. The SMILES string of the molecule is CCCCCCCCCCCCCCCCCC(CC)(CC1CO1)CC1CO1. The van der Waals surface area contributed by atoms with Gasteiger partial charge >= 0.3 is 0 Å². The Bertz CT molecular complexity index is 345. The highest BCUT2D eigenvalue weighted by atomic mass is 16.6. The van der Waals surface area contributed by atoms with Crippen LogP contribution in [0.25, 0.3) is 0 Å². The van der Waals surface area contributed by atoms with Gasteiger partial charge in [0.25, 0.3) is 0 Å². The van der Waals surface area contributed by atoms with Gasteiger partial charge in [0.15, 0.2) is 0 Å². The second-order valence-electron chi connectivity index (χ2n) is 9.87. The quantitative estimate of drug-likeness (QED) is 0.145. The summed E-state index contributed by atoms with van der Waals surface area (Å²) in [6.07, 6.45) is 28.1. The highest BCUT2D eigenvalue weighted by Crippen LogP contribution is 2.44. The molecule has 0 N–H and O–H groups in total. The molecule has 0 aliphatic carbocycles. The predicted molar refractivity (Wildman–Crippen MR) is 121 cm³/mol. The van der Waals surface area contributed by atoms with Crippen LogP contribution in [-0.2, 0) is 9.47 Å². The number of hydrogen-bond donors (Lipinski definition) is 0. The zero-order valence-corrected chi connectivity index (χ0v) is 19.3. The van der Waals surface area contributed by atoms with Crippen LogP contribution in [0.15, 0.2) is 0 Å². The molecule has 0 bridgehead atoms. The summed E-state index contributed by atoms with van der Waals surface area (Å²) in [5, 5.41) is 0. The Kier molecular flexibility index (Phi) is 12.8. The van der Waals surface area contributed by atoms with Crippen LogP contribution in [0.4, 0.5) is 0 Å². The summed E-state index contributed by atoms with van der Waals surface area (Å²) in [6.45, 7) is 6.70. The topological polar surface area (TPSA) is 25.1 Å². The fraction of sp³-hybridized carbons (Fsp3) is 1.00. The number of epoxide rings is 2. The lowest BCUT2D eigenvalue weighted by atomic mass is 9.73. The monoisotopic (exact) mass is 394 g/mol. The molecule has 0 radical (unpaired) electrons. The Morgan fingerprint density at radius 3 is 1.25 bits per heavy atom. The van der Waals surface area contributed by atoms with Crippen molar-refractivity contribution in [3.8, 4) is 0 Å². The predicted octanol–water partition coefficient (Wildman–Crippen LogP) is 8.22. The Labute approximate surface area is 176 Å². The van der Waals surface area contributed by atoms with E-state index < -0.39 is 0 Å². The first kappa shape index (κ1) is 24.2. The summed E-state index contributed by atoms with van der Waals surface area (Å²) < 4.78 is 11.1. The molecule has 166 valence electrons. The van der Waals surface area contributed by atoms with Crippen molar-refractivity contribution in [3.05, 3.63) is 0 Å². The van der Waals surface area contributed by atoms with E-state index in [2.05, 4.69) is 13.8 Å². The van der Waals surface area contributed by atoms with Crippen LogP contribution in [0.5, 0.6) is 0 Å². The van der Waals surface area contributed by atoms with E-state index in [0.29, 0.717) is 17.6 Å². The van der Waals surface area contributed by atoms with Crippen LogP contribution < -0.4 is 0 Å². The van der Waals surface area contributed by atoms with Crippen molar-refractivity contribution in [3.63, 3.8) is 0 Å². The summed E-state index contributed by atoms with van der Waals surface area (Å²) >= 11 is 0. The summed E-state index contributed by atoms with van der Waals surface area (Å²) in [7, 11) is 0. The Morgan fingerprint density at radius 2 is 0.929 bits per heavy atom. The van der Waals surface area contributed by atoms with Crippen LogP contribution in [0.1, 0.15) is 136 Å². The lowest BCUT2D eigenvalue weighted by Gasteiger charge is -2.32. The normalized spacial score (nSPS) is 22.9. The molecular formula is C26H50O2. The average Bonchev–Trinajstić information content (AvgIpc) is 3.62. The Balaban J connectivity index is 1.37. The third kappa shape index (κ3) is 11.8. The maximum Gasteiger partial charge on any atom is 0.0815 e. The van der Waals surface area contributed by atoms with Gasteiger partial charge in [-0.05, 0) is 24.7 Å². The van der Waals surface area contributed by atoms with E-state index in [1.165, 1.54) is 122 Å². The lowest BCUT2D eigenvalue weighted by molar-refractivity contribution is 0.159. The fourth-order valence-corrected chi connectivity index (χ4v) is 4.96. The molecule has 2 aliphatic rings. The molecule has 2 nitrogen and oxygen atoms in total. The molecule has 0 amide bonds. The minimum Gasteiger partial charge on any atom is -0.373 e. The van der Waals surface area contributed by atoms with Gasteiger partial charge < -0.3 is 9.47 Å². The zero-order valence-electron chi connectivity index (χ0n) is 19.3. The van der Waals surface area contributed by atoms with Crippen molar-refractivity contribution >= 4 is 0 Å². The smallest absolute Gasteiger partial charge is 0.0815 e. The molecule has 0 aromatic heterocycles. The van der Waals surface area contributed by atoms with Crippen molar-refractivity contribution < 1.29 is 9.47 Å². The Hall–Kier alpha value is -0.0800. The molecule has 2 saturated heterocycles. The number of ether oxygens (including phenoxy) is 2. The molecule has 2 heterocycles. The maximum absolute atomic E-state index is 5.56. The second kappa shape index (κ2) is 14.8. The van der Waals surface area contributed by atoms with E-state index in [-0.39, 0.29) is 0 Å². The van der Waals surface area contributed by atoms with Gasteiger partial charge in [-0.15, -0.1) is 0 Å². The van der Waals surface area contributed by atoms with Crippen LogP contribution >= 0.6 is 0 Å². The van der Waals surface area contributed by atoms with Crippen molar-refractivity contribution in [1.29, 1.82) is 0 Å². The van der Waals surface area contributed by atoms with Crippen molar-refractivity contribution in [2.24, 2.45) is 5.41 Å². The maximum atomic E-state index is 5.56. The summed E-state index contributed by atoms with van der Waals surface area (Å²) in [6, 6.07) is 0. The molecule has 0 aromatic rings. The van der Waals surface area contributed by atoms with E-state index in [0.717, 1.165) is 13.2 Å². The molecule has 28 heavy (non-hydrogen) atoms. The van der Waals surface area contributed by atoms with E-state index in [1.54, 1.807) is 0 Å². The van der Waals surface area contributed by atoms with Gasteiger partial charge in [-0.3, -0.25) is 0 Å². The summed E-state index contributed by atoms with van der Waals surface area (Å²) in [5.74, 6) is 0. The molecule has 2 atom stereocenters. The number of rotatable bonds is 21. The van der Waals surface area contributed by atoms with Crippen LogP contribution in [0.3, 0.4) is 0 Å². The standard InChI is InChI=1S/C26H50O2/c1-3-5-6-7-8-9-10-11-12-13-14-15-16-17-18-19-26(4-2,20-24-22-27-24)21-25-23-28-25/h24-25H,3-23H2,1-2H3. The molecule has 2 unspecified atom stereocenters. The van der Waals surface area contributed by atoms with Crippen molar-refractivity contribution in [2.75, 3.05) is 13.2 Å². The van der Waals surface area contributed by atoms with Crippen molar-refractivity contribution in [2.45, 2.75) is 148 Å². The highest BCUT2D eigenvalue weighted by Gasteiger charge is 2.40. The minimum absolute atomic E-state index is 0.499. The van der Waals surface area contributed by atoms with E-state index >= 15 is 0 Å². The van der Waals surface area contributed by atoms with Gasteiger partial charge in [-0.1, -0.05) is 117 Å². The molecule has 2 heteroatoms. The number of hydrogen-bond acceptors (Lipinski definition) is 2. The molecule has 0 spiro atoms. The van der Waals surface area contributed by atoms with Crippen molar-refractivity contribution in [1.82, 2.24) is 0 Å². The molecule has 0 aromatic carbocycles. The third-order valence-corrected chi connectivity index (χ3v) is 7.19. The first-order valence-corrected chi connectivity index (χ1v) is 13.0. The summed E-state index contributed by atoms with van der Waals surface area (Å²) in [4.78, 5) is 0. The van der Waals surface area contributed by atoms with Crippen LogP contribution in [0.2, 0.25) is 0 Å². The summed E-state index contributed by atoms with van der Waals surface area (Å²) in [5.41, 5.74) is 0.499. The zero-order chi connectivity index (χ0) is 19.9. The van der Waals surface area contributed by atoms with Gasteiger partial charge in [0.2, 0.25) is 0 Å². The molecule has 2 fully saturated rings. The van der Waals surface area contributed by atoms with E-state index in [9.17, 15) is 0 Å². The Morgan fingerprint density at radius 1 is 0.571 bits per heavy atom. The first-order chi connectivity index (χ1) is 13.8. The third-order valence-electron chi connectivity index (χ3n) is 7.19. The molecule has 0 saturated carbocycles. The molecule has 2 rings (SSSR count). The van der Waals surface area contributed by atoms with E-state index in [1.807, 2.05) is 0 Å². The van der Waals surface area contributed by atoms with Gasteiger partial charge in [0.1, 0.15) is 0 Å². The lowest BCUT2D eigenvalue weighted by Crippen LogP contribution is -2.24. The second-order valence-corrected chi connectivity index (χ2v) is 9.87. The van der Waals surface area contributed by atoms with E-state index in [4.69, 9.17) is 9.47 Å². The van der Waals surface area contributed by atoms with Gasteiger partial charge in [0.05, 0.1) is 25.4 Å².